The first-order valence-electron chi connectivity index (χ1n) is 12.4. The van der Waals surface area contributed by atoms with Gasteiger partial charge in [0.2, 0.25) is 11.8 Å². The highest BCUT2D eigenvalue weighted by molar-refractivity contribution is 5.96. The van der Waals surface area contributed by atoms with Gasteiger partial charge in [-0.15, -0.1) is 0 Å². The lowest BCUT2D eigenvalue weighted by atomic mass is 10.1. The van der Waals surface area contributed by atoms with Crippen LogP contribution in [-0.4, -0.2) is 71.3 Å². The third-order valence-electron chi connectivity index (χ3n) is 7.96. The van der Waals surface area contributed by atoms with Crippen molar-refractivity contribution in [2.45, 2.75) is 31.3 Å². The molecule has 2 bridgehead atoms. The number of methoxy groups -OCH3 is 2. The van der Waals surface area contributed by atoms with Gasteiger partial charge in [0.25, 0.3) is 0 Å². The molecule has 35 heavy (non-hydrogen) atoms. The van der Waals surface area contributed by atoms with Crippen LogP contribution < -0.4 is 20.1 Å². The van der Waals surface area contributed by atoms with Crippen molar-refractivity contribution in [3.8, 4) is 22.9 Å². The van der Waals surface area contributed by atoms with E-state index in [0.29, 0.717) is 35.4 Å². The summed E-state index contributed by atoms with van der Waals surface area (Å²) < 4.78 is 13.1. The van der Waals surface area contributed by atoms with Gasteiger partial charge in [-0.1, -0.05) is 0 Å². The second kappa shape index (κ2) is 8.80. The molecule has 2 aliphatic heterocycles. The van der Waals surface area contributed by atoms with Gasteiger partial charge in [-0.3, -0.25) is 9.69 Å². The molecule has 3 fully saturated rings. The molecule has 1 saturated carbocycles. The van der Waals surface area contributed by atoms with Crippen LogP contribution in [0.4, 0.5) is 5.82 Å². The van der Waals surface area contributed by atoms with E-state index in [2.05, 4.69) is 31.6 Å². The number of anilines is 1. The van der Waals surface area contributed by atoms with E-state index < -0.39 is 0 Å². The Hall–Kier alpha value is -3.17. The fourth-order valence-electron chi connectivity index (χ4n) is 5.96. The maximum absolute atomic E-state index is 13.0. The van der Waals surface area contributed by atoms with E-state index in [9.17, 15) is 4.79 Å². The summed E-state index contributed by atoms with van der Waals surface area (Å²) in [5.74, 6) is 2.37. The molecule has 9 heteroatoms. The molecule has 0 spiro atoms. The largest absolute Gasteiger partial charge is 0.496 e. The zero-order chi connectivity index (χ0) is 24.1. The summed E-state index contributed by atoms with van der Waals surface area (Å²) in [5, 5.41) is 7.57. The number of amides is 1. The number of rotatable bonds is 7. The molecule has 3 aromatic heterocycles. The van der Waals surface area contributed by atoms with E-state index in [4.69, 9.17) is 9.47 Å². The molecule has 6 rings (SSSR count). The van der Waals surface area contributed by atoms with Crippen molar-refractivity contribution in [3.63, 3.8) is 0 Å². The molecule has 2 N–H and O–H groups in total. The number of carbonyl (C=O) groups is 1. The van der Waals surface area contributed by atoms with Crippen molar-refractivity contribution in [1.29, 1.82) is 0 Å². The lowest BCUT2D eigenvalue weighted by molar-refractivity contribution is -0.117. The molecule has 1 amide bonds. The maximum atomic E-state index is 13.0. The van der Waals surface area contributed by atoms with Crippen LogP contribution in [0.25, 0.3) is 22.2 Å². The first kappa shape index (κ1) is 22.3. The minimum Gasteiger partial charge on any atom is -0.496 e. The Morgan fingerprint density at radius 3 is 2.71 bits per heavy atom. The molecule has 0 aromatic carbocycles. The van der Waals surface area contributed by atoms with Crippen LogP contribution >= 0.6 is 0 Å². The molecule has 9 nitrogen and oxygen atoms in total. The molecule has 0 radical (unpaired) electrons. The van der Waals surface area contributed by atoms with Gasteiger partial charge in [0, 0.05) is 56.3 Å². The molecule has 2 saturated heterocycles. The predicted molar refractivity (Wildman–Crippen MR) is 134 cm³/mol. The van der Waals surface area contributed by atoms with Crippen LogP contribution in [0.1, 0.15) is 19.3 Å². The van der Waals surface area contributed by atoms with Gasteiger partial charge < -0.3 is 24.7 Å². The third-order valence-corrected chi connectivity index (χ3v) is 7.96. The van der Waals surface area contributed by atoms with Crippen molar-refractivity contribution < 1.29 is 14.3 Å². The fraction of sp³-hybridized carbons (Fsp3) is 0.500. The van der Waals surface area contributed by atoms with Crippen LogP contribution in [0, 0.1) is 11.8 Å². The molecular formula is C26H32N6O3. The van der Waals surface area contributed by atoms with E-state index in [-0.39, 0.29) is 11.8 Å². The standard InChI is InChI=1S/C26H32N6O3/c1-31-20(24-22(34-2)6-7-28-26(24)35-3)9-15-10-23(29-13-21(15)31)30-25(33)19-8-16(19)14-32-17-4-5-18(32)12-27-11-17/h6-7,9-10,13,16-19,27H,4-5,8,11-12,14H2,1-3H3,(H,29,30,33)/t16-,17?,18?,19+/m0/s1. The van der Waals surface area contributed by atoms with Gasteiger partial charge in [0.15, 0.2) is 0 Å². The molecule has 5 heterocycles. The van der Waals surface area contributed by atoms with Gasteiger partial charge in [0.1, 0.15) is 17.1 Å². The molecule has 3 aliphatic rings. The number of hydrogen-bond acceptors (Lipinski definition) is 7. The van der Waals surface area contributed by atoms with Crippen molar-refractivity contribution in [3.05, 3.63) is 30.6 Å². The molecular weight excluding hydrogens is 444 g/mol. The number of pyridine rings is 2. The van der Waals surface area contributed by atoms with Crippen molar-refractivity contribution in [2.75, 3.05) is 39.2 Å². The molecule has 3 aromatic rings. The first-order chi connectivity index (χ1) is 17.1. The summed E-state index contributed by atoms with van der Waals surface area (Å²) in [6.07, 6.45) is 6.99. The number of carbonyl (C=O) groups excluding carboxylic acids is 1. The summed E-state index contributed by atoms with van der Waals surface area (Å²) in [6, 6.07) is 7.09. The van der Waals surface area contributed by atoms with E-state index >= 15 is 0 Å². The van der Waals surface area contributed by atoms with Gasteiger partial charge in [0.05, 0.1) is 31.6 Å². The van der Waals surface area contributed by atoms with Gasteiger partial charge >= 0.3 is 0 Å². The average Bonchev–Trinajstić information content (AvgIpc) is 3.53. The monoisotopic (exact) mass is 476 g/mol. The lowest BCUT2D eigenvalue weighted by Crippen LogP contribution is -2.52. The Kier molecular flexibility index (Phi) is 5.61. The van der Waals surface area contributed by atoms with Crippen LogP contribution in [0.3, 0.4) is 0 Å². The van der Waals surface area contributed by atoms with E-state index in [1.54, 1.807) is 26.6 Å². The number of aryl methyl sites for hydroxylation is 1. The fourth-order valence-corrected chi connectivity index (χ4v) is 5.96. The molecule has 4 atom stereocenters. The van der Waals surface area contributed by atoms with Crippen molar-refractivity contribution in [2.24, 2.45) is 18.9 Å². The van der Waals surface area contributed by atoms with Gasteiger partial charge in [-0.25, -0.2) is 9.97 Å². The quantitative estimate of drug-likeness (QED) is 0.542. The van der Waals surface area contributed by atoms with E-state index in [0.717, 1.165) is 48.2 Å². The number of hydrogen-bond donors (Lipinski definition) is 2. The number of ether oxygens (including phenoxy) is 2. The summed E-state index contributed by atoms with van der Waals surface area (Å²) >= 11 is 0. The summed E-state index contributed by atoms with van der Waals surface area (Å²) in [7, 11) is 5.21. The number of piperazine rings is 1. The highest BCUT2D eigenvalue weighted by Gasteiger charge is 2.47. The SMILES string of the molecule is COc1ccnc(OC)c1-c1cc2cc(NC(=O)[C@@H]3C[C@H]3CN3C4CCC3CNC4)ncc2n1C. The molecule has 1 aliphatic carbocycles. The highest BCUT2D eigenvalue weighted by Crippen LogP contribution is 2.43. The second-order valence-electron chi connectivity index (χ2n) is 9.95. The van der Waals surface area contributed by atoms with Crippen LogP contribution in [-0.2, 0) is 11.8 Å². The van der Waals surface area contributed by atoms with Crippen molar-refractivity contribution in [1.82, 2.24) is 24.8 Å². The minimum atomic E-state index is 0.0797. The van der Waals surface area contributed by atoms with Crippen molar-refractivity contribution >= 4 is 22.6 Å². The summed E-state index contributed by atoms with van der Waals surface area (Å²) in [4.78, 5) is 24.5. The highest BCUT2D eigenvalue weighted by atomic mass is 16.5. The number of aromatic nitrogens is 3. The third kappa shape index (κ3) is 3.92. The Bertz CT molecular complexity index is 1240. The normalized spacial score (nSPS) is 25.6. The predicted octanol–water partition coefficient (Wildman–Crippen LogP) is 2.66. The zero-order valence-corrected chi connectivity index (χ0v) is 20.5. The van der Waals surface area contributed by atoms with Crippen LogP contribution in [0.15, 0.2) is 30.6 Å². The lowest BCUT2D eigenvalue weighted by Gasteiger charge is -2.35. The average molecular weight is 477 g/mol. The summed E-state index contributed by atoms with van der Waals surface area (Å²) in [5.41, 5.74) is 2.63. The number of nitrogens with zero attached hydrogens (tertiary/aromatic N) is 4. The molecule has 2 unspecified atom stereocenters. The summed E-state index contributed by atoms with van der Waals surface area (Å²) in [6.45, 7) is 3.21. The Labute approximate surface area is 204 Å². The topological polar surface area (TPSA) is 93.5 Å². The van der Waals surface area contributed by atoms with E-state index in [1.807, 2.05) is 23.7 Å². The number of fused-ring (bicyclic) bond motifs is 3. The van der Waals surface area contributed by atoms with Crippen LogP contribution in [0.5, 0.6) is 11.6 Å². The number of nitrogens with one attached hydrogen (secondary N) is 2. The Morgan fingerprint density at radius 1 is 1.17 bits per heavy atom. The van der Waals surface area contributed by atoms with Gasteiger partial charge in [-0.05, 0) is 43.4 Å². The second-order valence-corrected chi connectivity index (χ2v) is 9.95. The smallest absolute Gasteiger partial charge is 0.228 e. The van der Waals surface area contributed by atoms with Crippen LogP contribution in [0.2, 0.25) is 0 Å². The maximum Gasteiger partial charge on any atom is 0.228 e. The molecule has 184 valence electrons. The Morgan fingerprint density at radius 2 is 1.97 bits per heavy atom. The first-order valence-corrected chi connectivity index (χ1v) is 12.4. The zero-order valence-electron chi connectivity index (χ0n) is 20.5. The Balaban J connectivity index is 1.18. The van der Waals surface area contributed by atoms with E-state index in [1.165, 1.54) is 12.8 Å². The minimum absolute atomic E-state index is 0.0797. The van der Waals surface area contributed by atoms with Gasteiger partial charge in [-0.2, -0.15) is 0 Å².